The molecule has 0 aromatic heterocycles. The second kappa shape index (κ2) is 7.33. The molecule has 21 heavy (non-hydrogen) atoms. The minimum absolute atomic E-state index is 0.193. The molecule has 0 saturated carbocycles. The number of piperidine rings is 1. The third-order valence-electron chi connectivity index (χ3n) is 3.97. The van der Waals surface area contributed by atoms with Crippen molar-refractivity contribution in [3.8, 4) is 0 Å². The van der Waals surface area contributed by atoms with Crippen LogP contribution in [-0.2, 0) is 4.79 Å². The van der Waals surface area contributed by atoms with Gasteiger partial charge in [0.1, 0.15) is 5.82 Å². The zero-order valence-corrected chi connectivity index (χ0v) is 13.7. The lowest BCUT2D eigenvalue weighted by Crippen LogP contribution is -2.48. The van der Waals surface area contributed by atoms with E-state index >= 15 is 0 Å². The smallest absolute Gasteiger partial charge is 0.238 e. The molecule has 1 aromatic rings. The third kappa shape index (κ3) is 4.49. The Morgan fingerprint density at radius 2 is 2.33 bits per heavy atom. The van der Waals surface area contributed by atoms with Gasteiger partial charge in [-0.3, -0.25) is 9.69 Å². The highest BCUT2D eigenvalue weighted by Gasteiger charge is 2.26. The van der Waals surface area contributed by atoms with Crippen molar-refractivity contribution in [2.45, 2.75) is 25.8 Å². The van der Waals surface area contributed by atoms with Crippen LogP contribution in [0.3, 0.4) is 0 Å². The molecule has 2 rings (SSSR count). The molecule has 1 heterocycles. The summed E-state index contributed by atoms with van der Waals surface area (Å²) in [5.41, 5.74) is 6.27. The molecule has 1 fully saturated rings. The highest BCUT2D eigenvalue weighted by atomic mass is 79.9. The summed E-state index contributed by atoms with van der Waals surface area (Å²) in [6, 6.07) is 4.81. The molecule has 3 N–H and O–H groups in total. The van der Waals surface area contributed by atoms with Crippen LogP contribution in [0.4, 0.5) is 10.1 Å². The van der Waals surface area contributed by atoms with E-state index in [0.717, 1.165) is 25.9 Å². The van der Waals surface area contributed by atoms with Crippen molar-refractivity contribution in [2.24, 2.45) is 11.7 Å². The quantitative estimate of drug-likeness (QED) is 0.870. The summed E-state index contributed by atoms with van der Waals surface area (Å²) >= 11 is 3.19. The Bertz CT molecular complexity index is 512. The van der Waals surface area contributed by atoms with Gasteiger partial charge in [-0.1, -0.05) is 29.3 Å². The molecule has 116 valence electrons. The fourth-order valence-electron chi connectivity index (χ4n) is 2.68. The van der Waals surface area contributed by atoms with E-state index in [0.29, 0.717) is 10.4 Å². The standard InChI is InChI=1S/C15H21BrFN3O/c1-2-10-8-20(6-5-13(10)18)9-15(21)19-14-4-3-11(16)7-12(14)17/h3-4,7,10,13H,2,5-6,8-9,18H2,1H3,(H,19,21). The van der Waals surface area contributed by atoms with Crippen molar-refractivity contribution < 1.29 is 9.18 Å². The highest BCUT2D eigenvalue weighted by Crippen LogP contribution is 2.20. The number of likely N-dealkylation sites (tertiary alicyclic amines) is 1. The number of nitrogens with two attached hydrogens (primary N) is 1. The maximum atomic E-state index is 13.7. The number of hydrogen-bond donors (Lipinski definition) is 2. The van der Waals surface area contributed by atoms with Gasteiger partial charge in [-0.2, -0.15) is 0 Å². The number of nitrogens with zero attached hydrogens (tertiary/aromatic N) is 1. The topological polar surface area (TPSA) is 58.4 Å². The van der Waals surface area contributed by atoms with Gasteiger partial charge in [0, 0.05) is 23.6 Å². The number of halogens is 2. The lowest BCUT2D eigenvalue weighted by molar-refractivity contribution is -0.117. The summed E-state index contributed by atoms with van der Waals surface area (Å²) in [7, 11) is 0. The summed E-state index contributed by atoms with van der Waals surface area (Å²) in [6.45, 7) is 4.03. The van der Waals surface area contributed by atoms with Crippen LogP contribution >= 0.6 is 15.9 Å². The van der Waals surface area contributed by atoms with Crippen LogP contribution in [0, 0.1) is 11.7 Å². The molecular formula is C15H21BrFN3O. The van der Waals surface area contributed by atoms with Gasteiger partial charge < -0.3 is 11.1 Å². The SMILES string of the molecule is CCC1CN(CC(=O)Nc2ccc(Br)cc2F)CCC1N. The molecule has 0 radical (unpaired) electrons. The van der Waals surface area contributed by atoms with Crippen molar-refractivity contribution in [3.63, 3.8) is 0 Å². The fourth-order valence-corrected chi connectivity index (χ4v) is 3.02. The van der Waals surface area contributed by atoms with Gasteiger partial charge in [0.05, 0.1) is 12.2 Å². The highest BCUT2D eigenvalue weighted by molar-refractivity contribution is 9.10. The predicted octanol–water partition coefficient (Wildman–Crippen LogP) is 2.59. The molecule has 2 unspecified atom stereocenters. The van der Waals surface area contributed by atoms with E-state index in [1.807, 2.05) is 0 Å². The van der Waals surface area contributed by atoms with E-state index in [2.05, 4.69) is 33.1 Å². The number of amides is 1. The molecule has 0 aliphatic carbocycles. The van der Waals surface area contributed by atoms with Crippen LogP contribution in [0.15, 0.2) is 22.7 Å². The van der Waals surface area contributed by atoms with Crippen molar-refractivity contribution in [2.75, 3.05) is 25.0 Å². The molecule has 1 aromatic carbocycles. The first kappa shape index (κ1) is 16.4. The summed E-state index contributed by atoms with van der Waals surface area (Å²) in [6.07, 6.45) is 1.92. The van der Waals surface area contributed by atoms with E-state index in [4.69, 9.17) is 5.73 Å². The van der Waals surface area contributed by atoms with Gasteiger partial charge in [0.15, 0.2) is 0 Å². The van der Waals surface area contributed by atoms with E-state index < -0.39 is 5.82 Å². The summed E-state index contributed by atoms with van der Waals surface area (Å²) < 4.78 is 14.3. The molecular weight excluding hydrogens is 337 g/mol. The third-order valence-corrected chi connectivity index (χ3v) is 4.47. The molecule has 0 spiro atoms. The molecule has 1 saturated heterocycles. The normalized spacial score (nSPS) is 23.0. The van der Waals surface area contributed by atoms with Crippen molar-refractivity contribution in [3.05, 3.63) is 28.5 Å². The summed E-state index contributed by atoms with van der Waals surface area (Å²) in [5.74, 6) is -0.206. The van der Waals surface area contributed by atoms with Gasteiger partial charge in [-0.05, 0) is 30.5 Å². The van der Waals surface area contributed by atoms with E-state index in [9.17, 15) is 9.18 Å². The number of nitrogens with one attached hydrogen (secondary N) is 1. The molecule has 1 amide bonds. The fraction of sp³-hybridized carbons (Fsp3) is 0.533. The van der Waals surface area contributed by atoms with Gasteiger partial charge in [0.25, 0.3) is 0 Å². The van der Waals surface area contributed by atoms with Gasteiger partial charge >= 0.3 is 0 Å². The minimum atomic E-state index is -0.440. The minimum Gasteiger partial charge on any atom is -0.327 e. The summed E-state index contributed by atoms with van der Waals surface area (Å²) in [5, 5.41) is 2.62. The van der Waals surface area contributed by atoms with Crippen molar-refractivity contribution in [1.29, 1.82) is 0 Å². The number of benzene rings is 1. The largest absolute Gasteiger partial charge is 0.327 e. The molecule has 1 aliphatic rings. The number of carbonyl (C=O) groups is 1. The lowest BCUT2D eigenvalue weighted by Gasteiger charge is -2.36. The number of rotatable bonds is 4. The van der Waals surface area contributed by atoms with E-state index in [-0.39, 0.29) is 24.2 Å². The van der Waals surface area contributed by atoms with Crippen LogP contribution in [0.2, 0.25) is 0 Å². The van der Waals surface area contributed by atoms with Gasteiger partial charge in [0.2, 0.25) is 5.91 Å². The van der Waals surface area contributed by atoms with Gasteiger partial charge in [-0.15, -0.1) is 0 Å². The second-order valence-electron chi connectivity index (χ2n) is 5.53. The second-order valence-corrected chi connectivity index (χ2v) is 6.44. The maximum Gasteiger partial charge on any atom is 0.238 e. The zero-order chi connectivity index (χ0) is 15.4. The number of anilines is 1. The Morgan fingerprint density at radius 3 is 3.00 bits per heavy atom. The number of hydrogen-bond acceptors (Lipinski definition) is 3. The predicted molar refractivity (Wildman–Crippen MR) is 85.5 cm³/mol. The Hall–Kier alpha value is -0.980. The average molecular weight is 358 g/mol. The van der Waals surface area contributed by atoms with Gasteiger partial charge in [-0.25, -0.2) is 4.39 Å². The lowest BCUT2D eigenvalue weighted by atomic mass is 9.91. The molecule has 0 bridgehead atoms. The Kier molecular flexibility index (Phi) is 5.72. The molecule has 4 nitrogen and oxygen atoms in total. The van der Waals surface area contributed by atoms with Crippen molar-refractivity contribution in [1.82, 2.24) is 4.90 Å². The zero-order valence-electron chi connectivity index (χ0n) is 12.1. The molecule has 6 heteroatoms. The Labute approximate surface area is 133 Å². The average Bonchev–Trinajstić information content (AvgIpc) is 2.44. The molecule has 2 atom stereocenters. The first-order chi connectivity index (χ1) is 9.99. The van der Waals surface area contributed by atoms with E-state index in [1.165, 1.54) is 6.07 Å². The summed E-state index contributed by atoms with van der Waals surface area (Å²) in [4.78, 5) is 14.1. The Balaban J connectivity index is 1.90. The molecule has 1 aliphatic heterocycles. The first-order valence-corrected chi connectivity index (χ1v) is 8.01. The van der Waals surface area contributed by atoms with Crippen molar-refractivity contribution >= 4 is 27.5 Å². The monoisotopic (exact) mass is 357 g/mol. The van der Waals surface area contributed by atoms with Crippen LogP contribution in [0.5, 0.6) is 0 Å². The Morgan fingerprint density at radius 1 is 1.57 bits per heavy atom. The van der Waals surface area contributed by atoms with Crippen LogP contribution < -0.4 is 11.1 Å². The maximum absolute atomic E-state index is 13.7. The van der Waals surface area contributed by atoms with Crippen LogP contribution in [0.25, 0.3) is 0 Å². The van der Waals surface area contributed by atoms with E-state index in [1.54, 1.807) is 12.1 Å². The first-order valence-electron chi connectivity index (χ1n) is 7.22. The van der Waals surface area contributed by atoms with Crippen LogP contribution in [0.1, 0.15) is 19.8 Å². The number of carbonyl (C=O) groups excluding carboxylic acids is 1. The van der Waals surface area contributed by atoms with Crippen LogP contribution in [-0.4, -0.2) is 36.5 Å².